The molecule has 118 valence electrons. The summed E-state index contributed by atoms with van der Waals surface area (Å²) >= 11 is 0. The van der Waals surface area contributed by atoms with Crippen molar-refractivity contribution >= 4 is 23.5 Å². The number of benzene rings is 1. The summed E-state index contributed by atoms with van der Waals surface area (Å²) < 4.78 is 5.06. The Kier molecular flexibility index (Phi) is 4.65. The van der Waals surface area contributed by atoms with Gasteiger partial charge in [-0.15, -0.1) is 0 Å². The van der Waals surface area contributed by atoms with Crippen molar-refractivity contribution in [2.75, 3.05) is 19.0 Å². The number of ether oxygens (including phenoxy) is 1. The van der Waals surface area contributed by atoms with E-state index < -0.39 is 18.0 Å². The van der Waals surface area contributed by atoms with Crippen LogP contribution < -0.4 is 15.4 Å². The molecule has 2 N–H and O–H groups in total. The molecule has 1 saturated heterocycles. The van der Waals surface area contributed by atoms with E-state index in [2.05, 4.69) is 10.6 Å². The van der Waals surface area contributed by atoms with Gasteiger partial charge in [-0.3, -0.25) is 14.5 Å². The normalized spacial score (nSPS) is 17.6. The lowest BCUT2D eigenvalue weighted by molar-refractivity contribution is -0.131. The predicted molar refractivity (Wildman–Crippen MR) is 80.5 cm³/mol. The molecule has 1 heterocycles. The van der Waals surface area contributed by atoms with Gasteiger partial charge in [0.25, 0.3) is 5.91 Å². The van der Waals surface area contributed by atoms with Gasteiger partial charge in [-0.2, -0.15) is 0 Å². The molecule has 0 saturated carbocycles. The summed E-state index contributed by atoms with van der Waals surface area (Å²) in [6, 6.07) is 5.72. The molecule has 7 heteroatoms. The zero-order valence-electron chi connectivity index (χ0n) is 12.8. The van der Waals surface area contributed by atoms with E-state index >= 15 is 0 Å². The molecule has 0 aliphatic carbocycles. The van der Waals surface area contributed by atoms with Crippen LogP contribution in [0.2, 0.25) is 0 Å². The highest BCUT2D eigenvalue weighted by Crippen LogP contribution is 2.17. The van der Waals surface area contributed by atoms with Crippen LogP contribution in [-0.2, 0) is 9.59 Å². The molecule has 1 aliphatic rings. The zero-order chi connectivity index (χ0) is 16.3. The Labute approximate surface area is 128 Å². The molecule has 1 aromatic carbocycles. The minimum atomic E-state index is -0.572. The van der Waals surface area contributed by atoms with Crippen molar-refractivity contribution in [1.29, 1.82) is 0 Å². The van der Waals surface area contributed by atoms with E-state index in [-0.39, 0.29) is 18.4 Å². The average molecular weight is 305 g/mol. The second-order valence-corrected chi connectivity index (χ2v) is 5.38. The monoisotopic (exact) mass is 305 g/mol. The fourth-order valence-corrected chi connectivity index (χ4v) is 2.19. The van der Waals surface area contributed by atoms with Crippen molar-refractivity contribution < 1.29 is 19.1 Å². The lowest BCUT2D eigenvalue weighted by atomic mass is 10.1. The lowest BCUT2D eigenvalue weighted by Crippen LogP contribution is -2.39. The van der Waals surface area contributed by atoms with E-state index in [0.29, 0.717) is 11.4 Å². The molecular formula is C15H19N3O4. The summed E-state index contributed by atoms with van der Waals surface area (Å²) in [6.45, 7) is 3.36. The zero-order valence-corrected chi connectivity index (χ0v) is 12.8. The van der Waals surface area contributed by atoms with Crippen LogP contribution in [0.1, 0.15) is 13.8 Å². The van der Waals surface area contributed by atoms with Gasteiger partial charge in [-0.1, -0.05) is 19.9 Å². The van der Waals surface area contributed by atoms with E-state index in [1.165, 1.54) is 7.11 Å². The molecule has 1 aromatic rings. The minimum Gasteiger partial charge on any atom is -0.497 e. The number of nitrogens with zero attached hydrogens (tertiary/aromatic N) is 1. The molecule has 1 aliphatic heterocycles. The van der Waals surface area contributed by atoms with Gasteiger partial charge in [0.2, 0.25) is 5.91 Å². The second-order valence-electron chi connectivity index (χ2n) is 5.38. The molecule has 1 unspecified atom stereocenters. The van der Waals surface area contributed by atoms with Crippen LogP contribution in [0.4, 0.5) is 10.5 Å². The van der Waals surface area contributed by atoms with E-state index in [0.717, 1.165) is 4.90 Å². The van der Waals surface area contributed by atoms with Gasteiger partial charge >= 0.3 is 6.03 Å². The number of carbonyl (C=O) groups is 3. The summed E-state index contributed by atoms with van der Waals surface area (Å²) in [7, 11) is 1.53. The summed E-state index contributed by atoms with van der Waals surface area (Å²) in [5.41, 5.74) is 0.539. The molecule has 0 aromatic heterocycles. The molecular weight excluding hydrogens is 286 g/mol. The number of amides is 4. The smallest absolute Gasteiger partial charge is 0.325 e. The average Bonchev–Trinajstić information content (AvgIpc) is 2.75. The molecule has 1 atom stereocenters. The largest absolute Gasteiger partial charge is 0.497 e. The SMILES string of the molecule is COc1cccc(NC(=O)CN2C(=O)NC(C(C)C)C2=O)c1. The van der Waals surface area contributed by atoms with Crippen molar-refractivity contribution in [2.45, 2.75) is 19.9 Å². The molecule has 1 fully saturated rings. The highest BCUT2D eigenvalue weighted by molar-refractivity contribution is 6.08. The highest BCUT2D eigenvalue weighted by Gasteiger charge is 2.40. The molecule has 4 amide bonds. The van der Waals surface area contributed by atoms with Gasteiger partial charge in [0, 0.05) is 11.8 Å². The van der Waals surface area contributed by atoms with Gasteiger partial charge in [-0.25, -0.2) is 4.79 Å². The van der Waals surface area contributed by atoms with Crippen LogP contribution in [0.5, 0.6) is 5.75 Å². The number of methoxy groups -OCH3 is 1. The second kappa shape index (κ2) is 6.46. The maximum absolute atomic E-state index is 12.1. The van der Waals surface area contributed by atoms with Gasteiger partial charge in [0.05, 0.1) is 7.11 Å². The Balaban J connectivity index is 2.00. The van der Waals surface area contributed by atoms with Crippen molar-refractivity contribution in [3.8, 4) is 5.75 Å². The van der Waals surface area contributed by atoms with Crippen molar-refractivity contribution in [2.24, 2.45) is 5.92 Å². The molecule has 22 heavy (non-hydrogen) atoms. The third-order valence-electron chi connectivity index (χ3n) is 3.38. The topological polar surface area (TPSA) is 87.7 Å². The van der Waals surface area contributed by atoms with Gasteiger partial charge in [0.1, 0.15) is 18.3 Å². The molecule has 2 rings (SSSR count). The Morgan fingerprint density at radius 1 is 1.41 bits per heavy atom. The third-order valence-corrected chi connectivity index (χ3v) is 3.38. The van der Waals surface area contributed by atoms with Crippen molar-refractivity contribution in [3.63, 3.8) is 0 Å². The Morgan fingerprint density at radius 3 is 2.73 bits per heavy atom. The maximum Gasteiger partial charge on any atom is 0.325 e. The fourth-order valence-electron chi connectivity index (χ4n) is 2.19. The molecule has 0 spiro atoms. The first-order valence-electron chi connectivity index (χ1n) is 6.98. The summed E-state index contributed by atoms with van der Waals surface area (Å²) in [6.07, 6.45) is 0. The van der Waals surface area contributed by atoms with E-state index in [1.54, 1.807) is 24.3 Å². The van der Waals surface area contributed by atoms with E-state index in [1.807, 2.05) is 13.8 Å². The Morgan fingerprint density at radius 2 is 2.14 bits per heavy atom. The summed E-state index contributed by atoms with van der Waals surface area (Å²) in [5, 5.41) is 5.21. The first-order chi connectivity index (χ1) is 10.4. The minimum absolute atomic E-state index is 0.0251. The van der Waals surface area contributed by atoms with Gasteiger partial charge in [0.15, 0.2) is 0 Å². The lowest BCUT2D eigenvalue weighted by Gasteiger charge is -2.14. The number of anilines is 1. The summed E-state index contributed by atoms with van der Waals surface area (Å²) in [5.74, 6) is -0.238. The predicted octanol–water partition coefficient (Wildman–Crippen LogP) is 1.21. The standard InChI is InChI=1S/C15H19N3O4/c1-9(2)13-14(20)18(15(21)17-13)8-12(19)16-10-5-4-6-11(7-10)22-3/h4-7,9,13H,8H2,1-3H3,(H,16,19)(H,17,21). The number of imide groups is 1. The number of carbonyl (C=O) groups excluding carboxylic acids is 3. The quantitative estimate of drug-likeness (QED) is 0.800. The number of hydrogen-bond donors (Lipinski definition) is 2. The highest BCUT2D eigenvalue weighted by atomic mass is 16.5. The first-order valence-corrected chi connectivity index (χ1v) is 6.98. The Hall–Kier alpha value is -2.57. The molecule has 0 radical (unpaired) electrons. The van der Waals surface area contributed by atoms with Gasteiger partial charge < -0.3 is 15.4 Å². The molecule has 7 nitrogen and oxygen atoms in total. The molecule has 0 bridgehead atoms. The first kappa shape index (κ1) is 15.8. The van der Waals surface area contributed by atoms with Crippen LogP contribution in [0.15, 0.2) is 24.3 Å². The number of nitrogens with one attached hydrogen (secondary N) is 2. The van der Waals surface area contributed by atoms with Crippen LogP contribution in [0.3, 0.4) is 0 Å². The van der Waals surface area contributed by atoms with Crippen molar-refractivity contribution in [3.05, 3.63) is 24.3 Å². The van der Waals surface area contributed by atoms with E-state index in [4.69, 9.17) is 4.74 Å². The third kappa shape index (κ3) is 3.36. The van der Waals surface area contributed by atoms with Crippen LogP contribution in [-0.4, -0.2) is 42.4 Å². The van der Waals surface area contributed by atoms with Crippen molar-refractivity contribution in [1.82, 2.24) is 10.2 Å². The van der Waals surface area contributed by atoms with E-state index in [9.17, 15) is 14.4 Å². The maximum atomic E-state index is 12.1. The van der Waals surface area contributed by atoms with Crippen LogP contribution in [0.25, 0.3) is 0 Å². The van der Waals surface area contributed by atoms with Gasteiger partial charge in [-0.05, 0) is 18.1 Å². The van der Waals surface area contributed by atoms with Crippen LogP contribution in [0, 0.1) is 5.92 Å². The number of hydrogen-bond acceptors (Lipinski definition) is 4. The fraction of sp³-hybridized carbons (Fsp3) is 0.400. The van der Waals surface area contributed by atoms with Crippen LogP contribution >= 0.6 is 0 Å². The number of urea groups is 1. The Bertz CT molecular complexity index is 600. The summed E-state index contributed by atoms with van der Waals surface area (Å²) in [4.78, 5) is 36.8. The number of rotatable bonds is 5.